The van der Waals surface area contributed by atoms with Crippen LogP contribution in [0.3, 0.4) is 0 Å². The first-order chi connectivity index (χ1) is 17.3. The molecule has 3 aromatic rings. The number of ether oxygens (including phenoxy) is 1. The molecule has 1 aliphatic heterocycles. The molecule has 1 fully saturated rings. The number of likely N-dealkylation sites (tertiary alicyclic amines) is 1. The number of thiazole rings is 1. The van der Waals surface area contributed by atoms with Crippen molar-refractivity contribution in [3.05, 3.63) is 85.4 Å². The number of piperidine rings is 1. The van der Waals surface area contributed by atoms with Gasteiger partial charge in [0.25, 0.3) is 17.5 Å². The minimum absolute atomic E-state index is 0.00825. The van der Waals surface area contributed by atoms with Crippen molar-refractivity contribution in [2.24, 2.45) is 0 Å². The molecule has 0 unspecified atom stereocenters. The molecule has 0 spiro atoms. The molecule has 0 saturated carbocycles. The van der Waals surface area contributed by atoms with Gasteiger partial charge in [-0.2, -0.15) is 0 Å². The Kier molecular flexibility index (Phi) is 7.94. The van der Waals surface area contributed by atoms with Crippen LogP contribution in [0.1, 0.15) is 50.9 Å². The van der Waals surface area contributed by atoms with Crippen LogP contribution in [0.15, 0.2) is 47.8 Å². The SMILES string of the molecule is Cc1ccc(OCC(=O)N2CCC(c3nc(C(=O)NCc4ccccc4[N+](=O)[O-])cs3)CC2)cc1C. The largest absolute Gasteiger partial charge is 0.484 e. The molecule has 9 nitrogen and oxygen atoms in total. The lowest BCUT2D eigenvalue weighted by Gasteiger charge is -2.31. The zero-order chi connectivity index (χ0) is 25.7. The first-order valence-electron chi connectivity index (χ1n) is 11.8. The van der Waals surface area contributed by atoms with Crippen LogP contribution in [0.4, 0.5) is 5.69 Å². The Bertz CT molecular complexity index is 1270. The predicted molar refractivity (Wildman–Crippen MR) is 136 cm³/mol. The van der Waals surface area contributed by atoms with Crippen LogP contribution in [0.2, 0.25) is 0 Å². The fraction of sp³-hybridized carbons (Fsp3) is 0.346. The Labute approximate surface area is 213 Å². The average Bonchev–Trinajstić information content (AvgIpc) is 3.38. The Morgan fingerprint density at radius 3 is 2.64 bits per heavy atom. The first kappa shape index (κ1) is 25.3. The number of hydrogen-bond acceptors (Lipinski definition) is 7. The van der Waals surface area contributed by atoms with E-state index in [-0.39, 0.29) is 36.6 Å². The summed E-state index contributed by atoms with van der Waals surface area (Å²) >= 11 is 1.43. The number of carbonyl (C=O) groups excluding carboxylic acids is 2. The van der Waals surface area contributed by atoms with Crippen LogP contribution in [0.25, 0.3) is 0 Å². The molecule has 36 heavy (non-hydrogen) atoms. The van der Waals surface area contributed by atoms with E-state index in [1.165, 1.54) is 23.0 Å². The van der Waals surface area contributed by atoms with Gasteiger partial charge in [-0.1, -0.05) is 24.3 Å². The molecule has 4 rings (SSSR count). The number of hydrogen-bond donors (Lipinski definition) is 1. The molecule has 1 aliphatic rings. The summed E-state index contributed by atoms with van der Waals surface area (Å²) in [5.74, 6) is 0.459. The number of benzene rings is 2. The molecule has 1 N–H and O–H groups in total. The van der Waals surface area contributed by atoms with Gasteiger partial charge >= 0.3 is 0 Å². The number of amides is 2. The average molecular weight is 509 g/mol. The first-order valence-corrected chi connectivity index (χ1v) is 12.6. The number of nitrogens with zero attached hydrogens (tertiary/aromatic N) is 3. The molecule has 1 saturated heterocycles. The minimum atomic E-state index is -0.463. The van der Waals surface area contributed by atoms with Gasteiger partial charge < -0.3 is 15.0 Å². The van der Waals surface area contributed by atoms with Crippen LogP contribution in [-0.2, 0) is 11.3 Å². The number of nitro benzene ring substituents is 1. The van der Waals surface area contributed by atoms with E-state index in [1.807, 2.05) is 36.9 Å². The molecular formula is C26H28N4O5S. The smallest absolute Gasteiger partial charge is 0.274 e. The third-order valence-corrected chi connectivity index (χ3v) is 7.43. The number of nitro groups is 1. The van der Waals surface area contributed by atoms with Crippen molar-refractivity contribution in [3.8, 4) is 5.75 Å². The van der Waals surface area contributed by atoms with Crippen LogP contribution >= 0.6 is 11.3 Å². The van der Waals surface area contributed by atoms with Gasteiger partial charge in [-0.05, 0) is 49.9 Å². The molecule has 0 atom stereocenters. The van der Waals surface area contributed by atoms with Crippen molar-refractivity contribution < 1.29 is 19.2 Å². The second-order valence-electron chi connectivity index (χ2n) is 8.83. The van der Waals surface area contributed by atoms with Crippen molar-refractivity contribution in [2.75, 3.05) is 19.7 Å². The molecule has 1 aromatic heterocycles. The number of rotatable bonds is 8. The lowest BCUT2D eigenvalue weighted by molar-refractivity contribution is -0.385. The highest BCUT2D eigenvalue weighted by Gasteiger charge is 2.26. The molecule has 10 heteroatoms. The van der Waals surface area contributed by atoms with Crippen LogP contribution in [-0.4, -0.2) is 46.3 Å². The number of aromatic nitrogens is 1. The third-order valence-electron chi connectivity index (χ3n) is 6.42. The number of nitrogens with one attached hydrogen (secondary N) is 1. The van der Waals surface area contributed by atoms with E-state index in [9.17, 15) is 19.7 Å². The van der Waals surface area contributed by atoms with E-state index in [1.54, 1.807) is 23.6 Å². The molecule has 2 amide bonds. The van der Waals surface area contributed by atoms with E-state index >= 15 is 0 Å². The maximum atomic E-state index is 12.6. The summed E-state index contributed by atoms with van der Waals surface area (Å²) in [5.41, 5.74) is 3.01. The van der Waals surface area contributed by atoms with Crippen molar-refractivity contribution >= 4 is 28.8 Å². The standard InChI is InChI=1S/C26H28N4O5S/c1-17-7-8-21(13-18(17)2)35-15-24(31)29-11-9-19(10-12-29)26-28-22(16-36-26)25(32)27-14-20-5-3-4-6-23(20)30(33)34/h3-8,13,16,19H,9-12,14-15H2,1-2H3,(H,27,32). The summed E-state index contributed by atoms with van der Waals surface area (Å²) in [4.78, 5) is 42.2. The van der Waals surface area contributed by atoms with E-state index in [4.69, 9.17) is 4.74 Å². The van der Waals surface area contributed by atoms with Gasteiger partial charge in [-0.15, -0.1) is 11.3 Å². The van der Waals surface area contributed by atoms with Gasteiger partial charge in [-0.25, -0.2) is 4.98 Å². The van der Waals surface area contributed by atoms with E-state index in [0.29, 0.717) is 30.1 Å². The summed E-state index contributed by atoms with van der Waals surface area (Å²) in [5, 5.41) is 16.4. The number of carbonyl (C=O) groups is 2. The molecular weight excluding hydrogens is 480 g/mol. The van der Waals surface area contributed by atoms with Crippen LogP contribution in [0.5, 0.6) is 5.75 Å². The van der Waals surface area contributed by atoms with Gasteiger partial charge in [0.05, 0.1) is 9.93 Å². The van der Waals surface area contributed by atoms with E-state index in [0.717, 1.165) is 23.4 Å². The third kappa shape index (κ3) is 6.06. The van der Waals surface area contributed by atoms with E-state index in [2.05, 4.69) is 10.3 Å². The maximum Gasteiger partial charge on any atom is 0.274 e. The van der Waals surface area contributed by atoms with Gasteiger partial charge in [0, 0.05) is 42.6 Å². The summed E-state index contributed by atoms with van der Waals surface area (Å²) in [6.45, 7) is 5.32. The summed E-state index contributed by atoms with van der Waals surface area (Å²) in [6.07, 6.45) is 1.53. The van der Waals surface area contributed by atoms with Crippen LogP contribution in [0, 0.1) is 24.0 Å². The minimum Gasteiger partial charge on any atom is -0.484 e. The van der Waals surface area contributed by atoms with Crippen molar-refractivity contribution in [1.82, 2.24) is 15.2 Å². The summed E-state index contributed by atoms with van der Waals surface area (Å²) in [6, 6.07) is 12.1. The highest BCUT2D eigenvalue weighted by molar-refractivity contribution is 7.09. The summed E-state index contributed by atoms with van der Waals surface area (Å²) in [7, 11) is 0. The van der Waals surface area contributed by atoms with Gasteiger partial charge in [-0.3, -0.25) is 19.7 Å². The topological polar surface area (TPSA) is 115 Å². The highest BCUT2D eigenvalue weighted by Crippen LogP contribution is 2.30. The quantitative estimate of drug-likeness (QED) is 0.357. The zero-order valence-corrected chi connectivity index (χ0v) is 21.0. The second kappa shape index (κ2) is 11.3. The Hall–Kier alpha value is -3.79. The van der Waals surface area contributed by atoms with Crippen molar-refractivity contribution in [1.29, 1.82) is 0 Å². The Morgan fingerprint density at radius 1 is 1.17 bits per heavy atom. The van der Waals surface area contributed by atoms with Crippen molar-refractivity contribution in [3.63, 3.8) is 0 Å². The molecule has 0 aliphatic carbocycles. The normalized spacial score (nSPS) is 13.9. The monoisotopic (exact) mass is 508 g/mol. The molecule has 2 aromatic carbocycles. The van der Waals surface area contributed by atoms with Gasteiger partial charge in [0.1, 0.15) is 11.4 Å². The Morgan fingerprint density at radius 2 is 1.92 bits per heavy atom. The van der Waals surface area contributed by atoms with Crippen LogP contribution < -0.4 is 10.1 Å². The lowest BCUT2D eigenvalue weighted by Crippen LogP contribution is -2.40. The molecule has 0 radical (unpaired) electrons. The van der Waals surface area contributed by atoms with E-state index < -0.39 is 4.92 Å². The summed E-state index contributed by atoms with van der Waals surface area (Å²) < 4.78 is 5.69. The predicted octanol–water partition coefficient (Wildman–Crippen LogP) is 4.38. The zero-order valence-electron chi connectivity index (χ0n) is 20.2. The lowest BCUT2D eigenvalue weighted by atomic mass is 9.97. The van der Waals surface area contributed by atoms with Gasteiger partial charge in [0.15, 0.2) is 6.61 Å². The van der Waals surface area contributed by atoms with Gasteiger partial charge in [0.2, 0.25) is 0 Å². The molecule has 2 heterocycles. The fourth-order valence-corrected chi connectivity index (χ4v) is 5.07. The number of para-hydroxylation sites is 1. The number of aryl methyl sites for hydroxylation is 2. The fourth-order valence-electron chi connectivity index (χ4n) is 4.10. The second-order valence-corrected chi connectivity index (χ2v) is 9.72. The van der Waals surface area contributed by atoms with Crippen molar-refractivity contribution in [2.45, 2.75) is 39.2 Å². The Balaban J connectivity index is 1.26. The highest BCUT2D eigenvalue weighted by atomic mass is 32.1. The maximum absolute atomic E-state index is 12.6. The molecule has 0 bridgehead atoms. The molecule has 188 valence electrons.